The number of aryl methyl sites for hydroxylation is 1. The first kappa shape index (κ1) is 17.0. The molecule has 0 atom stereocenters. The van der Waals surface area contributed by atoms with Gasteiger partial charge in [-0.05, 0) is 44.2 Å². The molecule has 6 nitrogen and oxygen atoms in total. The molecule has 1 aromatic heterocycles. The van der Waals surface area contributed by atoms with E-state index in [1.807, 2.05) is 16.4 Å². The van der Waals surface area contributed by atoms with Gasteiger partial charge in [0, 0.05) is 36.8 Å². The lowest BCUT2D eigenvalue weighted by Crippen LogP contribution is -2.40. The fourth-order valence-electron chi connectivity index (χ4n) is 3.97. The second-order valence-electron chi connectivity index (χ2n) is 7.37. The Morgan fingerprint density at radius 3 is 2.50 bits per heavy atom. The van der Waals surface area contributed by atoms with Crippen LogP contribution in [-0.4, -0.2) is 34.8 Å². The number of anilines is 1. The quantitative estimate of drug-likeness (QED) is 0.879. The number of nitrogens with two attached hydrogens (primary N) is 1. The van der Waals surface area contributed by atoms with Crippen LogP contribution in [0.5, 0.6) is 0 Å². The minimum absolute atomic E-state index is 0.137. The maximum atomic E-state index is 15.0. The van der Waals surface area contributed by atoms with Gasteiger partial charge in [0.2, 0.25) is 5.43 Å². The molecule has 2 heterocycles. The zero-order chi connectivity index (χ0) is 18.6. The molecule has 1 aliphatic heterocycles. The molecule has 0 radical (unpaired) electrons. The number of carbonyl (C=O) groups is 1. The zero-order valence-electron chi connectivity index (χ0n) is 14.7. The van der Waals surface area contributed by atoms with Gasteiger partial charge < -0.3 is 20.3 Å². The molecule has 2 aliphatic rings. The number of piperidine rings is 1. The minimum Gasteiger partial charge on any atom is -0.477 e. The summed E-state index contributed by atoms with van der Waals surface area (Å²) < 4.78 is 16.8. The van der Waals surface area contributed by atoms with Gasteiger partial charge >= 0.3 is 5.97 Å². The normalized spacial score (nSPS) is 18.5. The fraction of sp³-hybridized carbons (Fsp3) is 0.474. The number of carboxylic acids is 1. The van der Waals surface area contributed by atoms with E-state index in [1.165, 1.54) is 12.3 Å². The van der Waals surface area contributed by atoms with E-state index in [0.717, 1.165) is 25.7 Å². The lowest BCUT2D eigenvalue weighted by Gasteiger charge is -2.33. The molecule has 1 aromatic carbocycles. The number of fused-ring (bicyclic) bond motifs is 1. The number of hydrogen-bond donors (Lipinski definition) is 2. The number of aromatic carboxylic acids is 1. The molecule has 0 unspecified atom stereocenters. The Labute approximate surface area is 150 Å². The van der Waals surface area contributed by atoms with E-state index in [9.17, 15) is 19.1 Å². The van der Waals surface area contributed by atoms with E-state index >= 15 is 0 Å². The van der Waals surface area contributed by atoms with Gasteiger partial charge in [0.25, 0.3) is 0 Å². The Kier molecular flexibility index (Phi) is 3.99. The van der Waals surface area contributed by atoms with E-state index in [1.54, 1.807) is 0 Å². The number of carboxylic acid groups (broad SMARTS) is 1. The predicted molar refractivity (Wildman–Crippen MR) is 97.6 cm³/mol. The second kappa shape index (κ2) is 6.09. The number of hydrogen-bond acceptors (Lipinski definition) is 4. The number of nitrogens with zero attached hydrogens (tertiary/aromatic N) is 2. The molecular formula is C19H22FN3O3. The highest BCUT2D eigenvalue weighted by atomic mass is 19.1. The topological polar surface area (TPSA) is 88.6 Å². The van der Waals surface area contributed by atoms with Gasteiger partial charge in [-0.3, -0.25) is 4.79 Å². The van der Waals surface area contributed by atoms with Gasteiger partial charge in [0.05, 0.1) is 11.2 Å². The standard InChI is InChI=1S/C19H22FN3O3/c1-10-16-13(8-15(20)17(10)22-6-4-11(21)5-7-22)18(24)14(19(25)26)9-23(16)12-2-3-12/h8-9,11-12H,2-7,21H2,1H3,(H,25,26). The molecule has 138 valence electrons. The molecule has 2 fully saturated rings. The molecule has 26 heavy (non-hydrogen) atoms. The van der Waals surface area contributed by atoms with Crippen molar-refractivity contribution < 1.29 is 14.3 Å². The summed E-state index contributed by atoms with van der Waals surface area (Å²) in [4.78, 5) is 26.0. The van der Waals surface area contributed by atoms with Crippen molar-refractivity contribution in [2.24, 2.45) is 5.73 Å². The molecule has 0 spiro atoms. The van der Waals surface area contributed by atoms with Crippen molar-refractivity contribution >= 4 is 22.6 Å². The molecule has 0 amide bonds. The monoisotopic (exact) mass is 359 g/mol. The first-order valence-electron chi connectivity index (χ1n) is 9.00. The third-order valence-corrected chi connectivity index (χ3v) is 5.50. The SMILES string of the molecule is Cc1c(N2CCC(N)CC2)c(F)cc2c(=O)c(C(=O)O)cn(C3CC3)c12. The summed E-state index contributed by atoms with van der Waals surface area (Å²) in [5, 5.41) is 9.49. The summed E-state index contributed by atoms with van der Waals surface area (Å²) in [7, 11) is 0. The third kappa shape index (κ3) is 2.67. The summed E-state index contributed by atoms with van der Waals surface area (Å²) in [5.74, 6) is -1.76. The molecule has 1 aliphatic carbocycles. The average Bonchev–Trinajstić information content (AvgIpc) is 3.42. The van der Waals surface area contributed by atoms with Crippen LogP contribution in [0.3, 0.4) is 0 Å². The Morgan fingerprint density at radius 1 is 1.27 bits per heavy atom. The summed E-state index contributed by atoms with van der Waals surface area (Å²) in [6.07, 6.45) is 4.88. The zero-order valence-corrected chi connectivity index (χ0v) is 14.7. The number of halogens is 1. The maximum Gasteiger partial charge on any atom is 0.341 e. The molecule has 3 N–H and O–H groups in total. The Bertz CT molecular complexity index is 957. The smallest absolute Gasteiger partial charge is 0.341 e. The lowest BCUT2D eigenvalue weighted by molar-refractivity contribution is 0.0695. The number of pyridine rings is 1. The maximum absolute atomic E-state index is 15.0. The average molecular weight is 359 g/mol. The molecule has 7 heteroatoms. The Balaban J connectivity index is 1.97. The lowest BCUT2D eigenvalue weighted by atomic mass is 10.0. The highest BCUT2D eigenvalue weighted by molar-refractivity contribution is 5.95. The summed E-state index contributed by atoms with van der Waals surface area (Å²) >= 11 is 0. The van der Waals surface area contributed by atoms with Crippen LogP contribution in [0.4, 0.5) is 10.1 Å². The van der Waals surface area contributed by atoms with E-state index in [4.69, 9.17) is 5.73 Å². The Morgan fingerprint density at radius 2 is 1.92 bits per heavy atom. The van der Waals surface area contributed by atoms with Crippen molar-refractivity contribution in [2.45, 2.75) is 44.7 Å². The van der Waals surface area contributed by atoms with E-state index in [0.29, 0.717) is 29.9 Å². The van der Waals surface area contributed by atoms with Crippen LogP contribution in [0.15, 0.2) is 17.1 Å². The number of aromatic nitrogens is 1. The summed E-state index contributed by atoms with van der Waals surface area (Å²) in [5.41, 5.74) is 6.86. The van der Waals surface area contributed by atoms with E-state index in [2.05, 4.69) is 0 Å². The second-order valence-corrected chi connectivity index (χ2v) is 7.37. The minimum atomic E-state index is -1.28. The molecule has 4 rings (SSSR count). The van der Waals surface area contributed by atoms with Crippen LogP contribution in [0, 0.1) is 12.7 Å². The largest absolute Gasteiger partial charge is 0.477 e. The summed E-state index contributed by atoms with van der Waals surface area (Å²) in [6.45, 7) is 3.16. The van der Waals surface area contributed by atoms with Crippen LogP contribution in [0.2, 0.25) is 0 Å². The summed E-state index contributed by atoms with van der Waals surface area (Å²) in [6, 6.07) is 1.51. The van der Waals surface area contributed by atoms with Crippen molar-refractivity contribution in [1.29, 1.82) is 0 Å². The number of benzene rings is 1. The van der Waals surface area contributed by atoms with Crippen molar-refractivity contribution in [3.8, 4) is 0 Å². The van der Waals surface area contributed by atoms with Gasteiger partial charge in [-0.25, -0.2) is 9.18 Å². The van der Waals surface area contributed by atoms with Gasteiger partial charge in [-0.2, -0.15) is 0 Å². The van der Waals surface area contributed by atoms with Gasteiger partial charge in [-0.15, -0.1) is 0 Å². The van der Waals surface area contributed by atoms with Crippen molar-refractivity contribution in [1.82, 2.24) is 4.57 Å². The van der Waals surface area contributed by atoms with E-state index in [-0.39, 0.29) is 23.0 Å². The van der Waals surface area contributed by atoms with Crippen LogP contribution in [0.25, 0.3) is 10.9 Å². The highest BCUT2D eigenvalue weighted by Crippen LogP contribution is 2.40. The van der Waals surface area contributed by atoms with Crippen LogP contribution < -0.4 is 16.1 Å². The van der Waals surface area contributed by atoms with E-state index < -0.39 is 17.2 Å². The van der Waals surface area contributed by atoms with Gasteiger partial charge in [0.1, 0.15) is 11.4 Å². The first-order chi connectivity index (χ1) is 12.4. The van der Waals surface area contributed by atoms with Crippen molar-refractivity contribution in [3.63, 3.8) is 0 Å². The molecule has 2 aromatic rings. The predicted octanol–water partition coefficient (Wildman–Crippen LogP) is 2.41. The van der Waals surface area contributed by atoms with Gasteiger partial charge in [0.15, 0.2) is 0 Å². The fourth-order valence-corrected chi connectivity index (χ4v) is 3.97. The molecule has 1 saturated heterocycles. The van der Waals surface area contributed by atoms with Crippen LogP contribution in [-0.2, 0) is 0 Å². The van der Waals surface area contributed by atoms with Crippen molar-refractivity contribution in [2.75, 3.05) is 18.0 Å². The van der Waals surface area contributed by atoms with Crippen LogP contribution in [0.1, 0.15) is 47.6 Å². The van der Waals surface area contributed by atoms with Crippen LogP contribution >= 0.6 is 0 Å². The number of rotatable bonds is 3. The molecular weight excluding hydrogens is 337 g/mol. The first-order valence-corrected chi connectivity index (χ1v) is 9.00. The molecule has 0 bridgehead atoms. The molecule has 1 saturated carbocycles. The van der Waals surface area contributed by atoms with Gasteiger partial charge in [-0.1, -0.05) is 0 Å². The van der Waals surface area contributed by atoms with Crippen molar-refractivity contribution in [3.05, 3.63) is 39.4 Å². The third-order valence-electron chi connectivity index (χ3n) is 5.50. The highest BCUT2D eigenvalue weighted by Gasteiger charge is 2.30. The Hall–Kier alpha value is -2.41.